The molecule has 0 saturated carbocycles. The Balaban J connectivity index is 0.000000695. The molecule has 0 fully saturated rings. The monoisotopic (exact) mass is 521 g/mol. The van der Waals surface area contributed by atoms with Crippen LogP contribution in [0.15, 0.2) is 78.9 Å². The van der Waals surface area contributed by atoms with E-state index < -0.39 is 22.0 Å². The smallest absolute Gasteiger partial charge is 0.336 e. The number of fused-ring (bicyclic) bond motifs is 1. The number of nitrogens with one attached hydrogen (secondary N) is 2. The van der Waals surface area contributed by atoms with E-state index in [0.717, 1.165) is 0 Å². The molecule has 10 nitrogen and oxygen atoms in total. The molecule has 0 aliphatic heterocycles. The lowest BCUT2D eigenvalue weighted by atomic mass is 9.92. The number of phenolic OH excluding ortho intramolecular Hbond substituents is 1. The topological polar surface area (TPSA) is 191 Å². The summed E-state index contributed by atoms with van der Waals surface area (Å²) in [6, 6.07) is 21.1. The maximum atomic E-state index is 13.1. The third kappa shape index (κ3) is 6.90. The number of amides is 1. The first-order valence-corrected chi connectivity index (χ1v) is 12.5. The summed E-state index contributed by atoms with van der Waals surface area (Å²) >= 11 is 0. The summed E-state index contributed by atoms with van der Waals surface area (Å²) < 4.78 is 25.9. The molecule has 0 atom stereocenters. The largest absolute Gasteiger partial charge is 0.507 e. The summed E-state index contributed by atoms with van der Waals surface area (Å²) in [6.45, 7) is 0. The number of rotatable bonds is 5. The Labute approximate surface area is 212 Å². The van der Waals surface area contributed by atoms with Crippen LogP contribution in [0.1, 0.15) is 26.3 Å². The molecule has 4 aromatic carbocycles. The van der Waals surface area contributed by atoms with Gasteiger partial charge < -0.3 is 21.3 Å². The number of nitrogens with two attached hydrogens (primary N) is 1. The minimum Gasteiger partial charge on any atom is -0.507 e. The summed E-state index contributed by atoms with van der Waals surface area (Å²) in [4.78, 5) is 25.1. The Hall–Kier alpha value is -4.74. The van der Waals surface area contributed by atoms with Crippen molar-refractivity contribution in [1.29, 1.82) is 5.41 Å². The number of aromatic hydroxyl groups is 1. The average molecular weight is 522 g/mol. The zero-order valence-corrected chi connectivity index (χ0v) is 20.3. The van der Waals surface area contributed by atoms with Gasteiger partial charge in [-0.25, -0.2) is 4.79 Å². The fraction of sp³-hybridized carbons (Fsp3) is 0.0385. The summed E-state index contributed by atoms with van der Waals surface area (Å²) in [5, 5.41) is 31.4. The van der Waals surface area contributed by atoms with Crippen LogP contribution in [-0.2, 0) is 10.1 Å². The van der Waals surface area contributed by atoms with Crippen LogP contribution in [-0.4, -0.2) is 47.2 Å². The maximum Gasteiger partial charge on any atom is 0.336 e. The van der Waals surface area contributed by atoms with Gasteiger partial charge in [0.2, 0.25) is 0 Å². The first-order valence-electron chi connectivity index (χ1n) is 10.6. The van der Waals surface area contributed by atoms with Crippen molar-refractivity contribution in [3.05, 3.63) is 95.6 Å². The van der Waals surface area contributed by atoms with Crippen LogP contribution in [0.2, 0.25) is 0 Å². The molecule has 0 spiro atoms. The van der Waals surface area contributed by atoms with E-state index in [0.29, 0.717) is 39.4 Å². The second kappa shape index (κ2) is 10.9. The number of anilines is 1. The van der Waals surface area contributed by atoms with E-state index in [2.05, 4.69) is 5.32 Å². The molecule has 1 amide bonds. The third-order valence-corrected chi connectivity index (χ3v) is 5.14. The van der Waals surface area contributed by atoms with Gasteiger partial charge in [0.05, 0.1) is 11.8 Å². The number of aromatic carboxylic acids is 1. The second-order valence-corrected chi connectivity index (χ2v) is 9.39. The lowest BCUT2D eigenvalue weighted by Crippen LogP contribution is -2.14. The number of carbonyl (C=O) groups excluding carboxylic acids is 1. The number of amidine groups is 1. The SMILES string of the molecule is CS(=O)(=O)O.N=C(N)c1ccc(NC(=O)c2ccccc2-c2cc3c(O)cccc3cc2C(=O)O)cc1. The van der Waals surface area contributed by atoms with Gasteiger partial charge in [-0.15, -0.1) is 0 Å². The number of phenols is 1. The summed E-state index contributed by atoms with van der Waals surface area (Å²) in [5.41, 5.74) is 7.54. The van der Waals surface area contributed by atoms with E-state index in [4.69, 9.17) is 15.7 Å². The van der Waals surface area contributed by atoms with Gasteiger partial charge in [-0.1, -0.05) is 30.3 Å². The number of nitrogen functional groups attached to an aromatic ring is 1. The van der Waals surface area contributed by atoms with E-state index >= 15 is 0 Å². The molecule has 7 N–H and O–H groups in total. The normalized spacial score (nSPS) is 10.8. The van der Waals surface area contributed by atoms with E-state index in [1.807, 2.05) is 0 Å². The fourth-order valence-electron chi connectivity index (χ4n) is 3.56. The molecule has 0 aromatic heterocycles. The quantitative estimate of drug-likeness (QED) is 0.129. The molecule has 37 heavy (non-hydrogen) atoms. The minimum atomic E-state index is -3.67. The molecule has 0 unspecified atom stereocenters. The van der Waals surface area contributed by atoms with Crippen molar-refractivity contribution in [2.24, 2.45) is 5.73 Å². The molecule has 0 heterocycles. The lowest BCUT2D eigenvalue weighted by Gasteiger charge is -2.14. The molecular formula is C26H23N3O7S. The van der Waals surface area contributed by atoms with Crippen LogP contribution in [0.3, 0.4) is 0 Å². The van der Waals surface area contributed by atoms with Gasteiger partial charge in [0.1, 0.15) is 11.6 Å². The second-order valence-electron chi connectivity index (χ2n) is 7.92. The Morgan fingerprint density at radius 1 is 0.892 bits per heavy atom. The summed E-state index contributed by atoms with van der Waals surface area (Å²) in [7, 11) is -3.67. The zero-order valence-electron chi connectivity index (χ0n) is 19.5. The lowest BCUT2D eigenvalue weighted by molar-refractivity contribution is 0.0697. The van der Waals surface area contributed by atoms with Crippen LogP contribution < -0.4 is 11.1 Å². The van der Waals surface area contributed by atoms with Gasteiger partial charge in [0.25, 0.3) is 16.0 Å². The highest BCUT2D eigenvalue weighted by Crippen LogP contribution is 2.35. The standard InChI is InChI=1S/C25H19N3O4.CH4O3S/c26-23(27)14-8-10-16(11-9-14)28-24(30)18-6-2-1-5-17(18)20-13-19-15(4-3-7-22(19)29)12-21(20)25(31)32;1-5(2,3)4/h1-13,29H,(H3,26,27)(H,28,30)(H,31,32);1H3,(H,2,3,4). The van der Waals surface area contributed by atoms with E-state index in [1.165, 1.54) is 12.1 Å². The van der Waals surface area contributed by atoms with Gasteiger partial charge in [-0.3, -0.25) is 14.8 Å². The van der Waals surface area contributed by atoms with Crippen LogP contribution in [0.4, 0.5) is 5.69 Å². The van der Waals surface area contributed by atoms with Crippen molar-refractivity contribution >= 4 is 44.3 Å². The van der Waals surface area contributed by atoms with E-state index in [1.54, 1.807) is 66.7 Å². The number of carboxylic acids is 1. The molecule has 0 aliphatic rings. The predicted octanol–water partition coefficient (Wildman–Crippen LogP) is 3.95. The molecule has 4 rings (SSSR count). The van der Waals surface area contributed by atoms with Crippen LogP contribution >= 0.6 is 0 Å². The van der Waals surface area contributed by atoms with Crippen molar-refractivity contribution in [2.75, 3.05) is 11.6 Å². The van der Waals surface area contributed by atoms with Crippen molar-refractivity contribution in [3.63, 3.8) is 0 Å². The van der Waals surface area contributed by atoms with Crippen LogP contribution in [0.25, 0.3) is 21.9 Å². The van der Waals surface area contributed by atoms with Gasteiger partial charge in [-0.2, -0.15) is 8.42 Å². The summed E-state index contributed by atoms with van der Waals surface area (Å²) in [5.74, 6) is -1.62. The number of hydrogen-bond acceptors (Lipinski definition) is 6. The Morgan fingerprint density at radius 3 is 2.11 bits per heavy atom. The molecule has 0 bridgehead atoms. The van der Waals surface area contributed by atoms with Gasteiger partial charge in [0.15, 0.2) is 0 Å². The van der Waals surface area contributed by atoms with Gasteiger partial charge in [0, 0.05) is 22.2 Å². The highest BCUT2D eigenvalue weighted by molar-refractivity contribution is 7.85. The molecule has 0 saturated heterocycles. The zero-order chi connectivity index (χ0) is 27.3. The highest BCUT2D eigenvalue weighted by Gasteiger charge is 2.20. The van der Waals surface area contributed by atoms with Crippen molar-refractivity contribution in [3.8, 4) is 16.9 Å². The molecule has 4 aromatic rings. The Bertz CT molecular complexity index is 1610. The fourth-order valence-corrected chi connectivity index (χ4v) is 3.56. The van der Waals surface area contributed by atoms with Crippen molar-refractivity contribution in [2.45, 2.75) is 0 Å². The van der Waals surface area contributed by atoms with Crippen molar-refractivity contribution in [1.82, 2.24) is 0 Å². The van der Waals surface area contributed by atoms with E-state index in [9.17, 15) is 28.2 Å². The number of carboxylic acid groups (broad SMARTS) is 1. The van der Waals surface area contributed by atoms with Crippen LogP contribution in [0, 0.1) is 5.41 Å². The number of carbonyl (C=O) groups is 2. The number of hydrogen-bond donors (Lipinski definition) is 6. The van der Waals surface area contributed by atoms with Gasteiger partial charge in [-0.05, 0) is 65.0 Å². The van der Waals surface area contributed by atoms with Gasteiger partial charge >= 0.3 is 5.97 Å². The Kier molecular flexibility index (Phi) is 7.91. The number of benzene rings is 4. The first kappa shape index (κ1) is 26.9. The Morgan fingerprint density at radius 2 is 1.51 bits per heavy atom. The molecule has 0 radical (unpaired) electrons. The summed E-state index contributed by atoms with van der Waals surface area (Å²) in [6.07, 6.45) is 0.715. The predicted molar refractivity (Wildman–Crippen MR) is 141 cm³/mol. The van der Waals surface area contributed by atoms with Crippen LogP contribution in [0.5, 0.6) is 5.75 Å². The van der Waals surface area contributed by atoms with E-state index in [-0.39, 0.29) is 22.7 Å². The maximum absolute atomic E-state index is 13.1. The molecule has 0 aliphatic carbocycles. The molecule has 11 heteroatoms. The molecular weight excluding hydrogens is 498 g/mol. The van der Waals surface area contributed by atoms with Crippen molar-refractivity contribution < 1.29 is 32.8 Å². The minimum absolute atomic E-state index is 0.0215. The third-order valence-electron chi connectivity index (χ3n) is 5.14. The highest BCUT2D eigenvalue weighted by atomic mass is 32.2. The average Bonchev–Trinajstić information content (AvgIpc) is 2.83. The molecule has 190 valence electrons. The first-order chi connectivity index (χ1) is 17.3.